The van der Waals surface area contributed by atoms with Gasteiger partial charge in [0.25, 0.3) is 0 Å². The molecule has 0 radical (unpaired) electrons. The number of carbonyl (C=O) groups is 3. The lowest BCUT2D eigenvalue weighted by atomic mass is 10.0. The van der Waals surface area contributed by atoms with Crippen molar-refractivity contribution in [2.75, 3.05) is 13.2 Å². The first-order chi connectivity index (χ1) is 35.0. The van der Waals surface area contributed by atoms with E-state index in [1.54, 1.807) is 0 Å². The van der Waals surface area contributed by atoms with Crippen molar-refractivity contribution in [2.45, 2.75) is 258 Å². The lowest BCUT2D eigenvalue weighted by Crippen LogP contribution is -2.30. The lowest BCUT2D eigenvalue weighted by molar-refractivity contribution is -0.166. The number of hydrogen-bond acceptors (Lipinski definition) is 6. The van der Waals surface area contributed by atoms with Crippen LogP contribution in [-0.4, -0.2) is 37.2 Å². The summed E-state index contributed by atoms with van der Waals surface area (Å²) >= 11 is 0. The Balaban J connectivity index is 4.50. The maximum absolute atomic E-state index is 12.9. The van der Waals surface area contributed by atoms with Crippen LogP contribution in [0.4, 0.5) is 0 Å². The largest absolute Gasteiger partial charge is 0.462 e. The number of ether oxygens (including phenoxy) is 3. The van der Waals surface area contributed by atoms with Gasteiger partial charge in [-0.2, -0.15) is 0 Å². The van der Waals surface area contributed by atoms with Gasteiger partial charge in [-0.15, -0.1) is 0 Å². The smallest absolute Gasteiger partial charge is 0.306 e. The van der Waals surface area contributed by atoms with Crippen molar-refractivity contribution in [3.63, 3.8) is 0 Å². The second kappa shape index (κ2) is 58.4. The monoisotopic (exact) mass is 983 g/mol. The second-order valence-corrected chi connectivity index (χ2v) is 18.8. The molecular weight excluding hydrogens is 877 g/mol. The molecule has 6 nitrogen and oxygen atoms in total. The molecule has 1 unspecified atom stereocenters. The van der Waals surface area contributed by atoms with Crippen LogP contribution >= 0.6 is 0 Å². The van der Waals surface area contributed by atoms with Crippen molar-refractivity contribution in [2.24, 2.45) is 0 Å². The standard InChI is InChI=1S/C65H106O6/c1-4-7-10-13-16-19-22-25-27-29-31-32-34-35-37-40-43-46-49-52-55-58-64(67)70-61-62(60-69-63(66)57-54-51-48-45-42-39-24-21-18-15-12-9-6-3)71-65(68)59-56-53-50-47-44-41-38-36-33-30-28-26-23-20-17-14-11-8-5-2/h7,9-10,12,16,18-19,21,25,27,31-32,35,37,39,42-43,46,48,51,62H,4-6,8,11,13-15,17,20,22-24,26,28-30,33-34,36,38,40-41,44-45,47,49-50,52-61H2,1-3H3/b10-7-,12-9-,19-16-,21-18-,27-25-,32-31-,37-35-,42-39-,46-43-,51-48-. The van der Waals surface area contributed by atoms with Gasteiger partial charge in [0.1, 0.15) is 13.2 Å². The Hall–Kier alpha value is -4.19. The van der Waals surface area contributed by atoms with E-state index >= 15 is 0 Å². The minimum absolute atomic E-state index is 0.124. The summed E-state index contributed by atoms with van der Waals surface area (Å²) in [7, 11) is 0. The first kappa shape index (κ1) is 66.8. The van der Waals surface area contributed by atoms with Gasteiger partial charge in [0.05, 0.1) is 0 Å². The van der Waals surface area contributed by atoms with E-state index in [0.29, 0.717) is 19.3 Å². The number of rotatable bonds is 51. The predicted octanol–water partition coefficient (Wildman–Crippen LogP) is 19.6. The summed E-state index contributed by atoms with van der Waals surface area (Å²) in [6.45, 7) is 6.32. The Morgan fingerprint density at radius 3 is 0.944 bits per heavy atom. The minimum atomic E-state index is -0.827. The molecule has 0 heterocycles. The van der Waals surface area contributed by atoms with Gasteiger partial charge in [0.15, 0.2) is 6.10 Å². The fourth-order valence-corrected chi connectivity index (χ4v) is 7.69. The quantitative estimate of drug-likeness (QED) is 0.0261. The van der Waals surface area contributed by atoms with Crippen LogP contribution in [0.15, 0.2) is 122 Å². The van der Waals surface area contributed by atoms with Crippen LogP contribution in [0.3, 0.4) is 0 Å². The van der Waals surface area contributed by atoms with Gasteiger partial charge in [-0.3, -0.25) is 14.4 Å². The zero-order chi connectivity index (χ0) is 51.4. The summed E-state index contributed by atoms with van der Waals surface area (Å²) in [4.78, 5) is 38.1. The number of esters is 3. The molecule has 0 fully saturated rings. The van der Waals surface area contributed by atoms with Crippen LogP contribution in [0, 0.1) is 0 Å². The molecule has 0 spiro atoms. The summed E-state index contributed by atoms with van der Waals surface area (Å²) in [5, 5.41) is 0. The molecule has 6 heteroatoms. The van der Waals surface area contributed by atoms with Crippen molar-refractivity contribution < 1.29 is 28.6 Å². The predicted molar refractivity (Wildman–Crippen MR) is 306 cm³/mol. The molecule has 0 saturated carbocycles. The Morgan fingerprint density at radius 2 is 0.577 bits per heavy atom. The summed E-state index contributed by atoms with van der Waals surface area (Å²) in [6, 6.07) is 0. The Kier molecular flexibility index (Phi) is 54.9. The Bertz CT molecular complexity index is 1500. The number of carbonyl (C=O) groups excluding carboxylic acids is 3. The van der Waals surface area contributed by atoms with Crippen LogP contribution in [-0.2, 0) is 28.6 Å². The number of unbranched alkanes of at least 4 members (excludes halogenated alkanes) is 20. The van der Waals surface area contributed by atoms with E-state index < -0.39 is 6.10 Å². The molecule has 0 aliphatic rings. The van der Waals surface area contributed by atoms with E-state index in [9.17, 15) is 14.4 Å². The molecule has 0 aliphatic carbocycles. The fraction of sp³-hybridized carbons (Fsp3) is 0.646. The van der Waals surface area contributed by atoms with Crippen molar-refractivity contribution in [3.05, 3.63) is 122 Å². The maximum Gasteiger partial charge on any atom is 0.306 e. The Labute approximate surface area is 437 Å². The highest BCUT2D eigenvalue weighted by Crippen LogP contribution is 2.16. The van der Waals surface area contributed by atoms with Crippen LogP contribution < -0.4 is 0 Å². The molecule has 0 aromatic rings. The van der Waals surface area contributed by atoms with Crippen molar-refractivity contribution in [1.82, 2.24) is 0 Å². The third-order valence-corrected chi connectivity index (χ3v) is 12.0. The van der Waals surface area contributed by atoms with Crippen molar-refractivity contribution >= 4 is 17.9 Å². The van der Waals surface area contributed by atoms with E-state index in [2.05, 4.69) is 130 Å². The average molecular weight is 984 g/mol. The van der Waals surface area contributed by atoms with E-state index in [0.717, 1.165) is 96.3 Å². The Morgan fingerprint density at radius 1 is 0.296 bits per heavy atom. The van der Waals surface area contributed by atoms with Crippen LogP contribution in [0.2, 0.25) is 0 Å². The highest BCUT2D eigenvalue weighted by Gasteiger charge is 2.19. The summed E-state index contributed by atoms with van der Waals surface area (Å²) in [5.74, 6) is -1.04. The topological polar surface area (TPSA) is 78.9 Å². The summed E-state index contributed by atoms with van der Waals surface area (Å²) in [5.41, 5.74) is 0. The van der Waals surface area contributed by atoms with Crippen molar-refractivity contribution in [3.8, 4) is 0 Å². The van der Waals surface area contributed by atoms with Gasteiger partial charge in [-0.25, -0.2) is 0 Å². The summed E-state index contributed by atoms with van der Waals surface area (Å²) in [6.07, 6.45) is 80.7. The highest BCUT2D eigenvalue weighted by molar-refractivity contribution is 5.71. The summed E-state index contributed by atoms with van der Waals surface area (Å²) < 4.78 is 16.8. The first-order valence-electron chi connectivity index (χ1n) is 29.0. The second-order valence-electron chi connectivity index (χ2n) is 18.8. The molecule has 1 atom stereocenters. The molecule has 0 amide bonds. The maximum atomic E-state index is 12.9. The normalized spacial score (nSPS) is 13.0. The third kappa shape index (κ3) is 56.6. The van der Waals surface area contributed by atoms with E-state index in [4.69, 9.17) is 14.2 Å². The van der Waals surface area contributed by atoms with E-state index in [1.165, 1.54) is 103 Å². The van der Waals surface area contributed by atoms with E-state index in [-0.39, 0.29) is 44.0 Å². The zero-order valence-corrected chi connectivity index (χ0v) is 45.9. The van der Waals surface area contributed by atoms with Gasteiger partial charge in [0.2, 0.25) is 0 Å². The van der Waals surface area contributed by atoms with Gasteiger partial charge in [0, 0.05) is 19.3 Å². The van der Waals surface area contributed by atoms with Gasteiger partial charge < -0.3 is 14.2 Å². The third-order valence-electron chi connectivity index (χ3n) is 12.0. The van der Waals surface area contributed by atoms with Crippen LogP contribution in [0.25, 0.3) is 0 Å². The molecule has 402 valence electrons. The molecule has 0 rings (SSSR count). The molecule has 0 bridgehead atoms. The molecule has 0 aromatic carbocycles. The first-order valence-corrected chi connectivity index (χ1v) is 29.0. The number of allylic oxidation sites excluding steroid dienone is 20. The zero-order valence-electron chi connectivity index (χ0n) is 45.9. The average Bonchev–Trinajstić information content (AvgIpc) is 3.37. The molecule has 71 heavy (non-hydrogen) atoms. The molecular formula is C65H106O6. The number of hydrogen-bond donors (Lipinski definition) is 0. The highest BCUT2D eigenvalue weighted by atomic mass is 16.6. The molecule has 0 aromatic heterocycles. The van der Waals surface area contributed by atoms with E-state index in [1.807, 2.05) is 12.2 Å². The van der Waals surface area contributed by atoms with Crippen LogP contribution in [0.1, 0.15) is 252 Å². The molecule has 0 aliphatic heterocycles. The van der Waals surface area contributed by atoms with Crippen LogP contribution in [0.5, 0.6) is 0 Å². The van der Waals surface area contributed by atoms with Gasteiger partial charge in [-0.05, 0) is 96.3 Å². The van der Waals surface area contributed by atoms with Crippen molar-refractivity contribution in [1.29, 1.82) is 0 Å². The van der Waals surface area contributed by atoms with Gasteiger partial charge >= 0.3 is 17.9 Å². The van der Waals surface area contributed by atoms with Gasteiger partial charge in [-0.1, -0.05) is 258 Å². The molecule has 0 N–H and O–H groups in total. The lowest BCUT2D eigenvalue weighted by Gasteiger charge is -2.18. The fourth-order valence-electron chi connectivity index (χ4n) is 7.69. The SMILES string of the molecule is CC/C=C\C/C=C\C/C=C\C/C=C\C/C=C\C/C=C\CCCCC(=O)OCC(COC(=O)CC/C=C\C/C=C\C/C=C\C/C=C\CC)OC(=O)CCCCCCCCCCCCCCCCCCCCC. The minimum Gasteiger partial charge on any atom is -0.462 e. The molecule has 0 saturated heterocycles.